The summed E-state index contributed by atoms with van der Waals surface area (Å²) in [4.78, 5) is 26.7. The maximum atomic E-state index is 13.3. The van der Waals surface area contributed by atoms with Gasteiger partial charge in [-0.05, 0) is 68.0 Å². The number of nitrogens with zero attached hydrogens (tertiary/aromatic N) is 7. The lowest BCUT2D eigenvalue weighted by Crippen LogP contribution is -2.42. The molecule has 0 unspecified atom stereocenters. The third-order valence-electron chi connectivity index (χ3n) is 7.08. The highest BCUT2D eigenvalue weighted by molar-refractivity contribution is 5.94. The Kier molecular flexibility index (Phi) is 5.20. The molecule has 168 valence electrons. The zero-order valence-electron chi connectivity index (χ0n) is 18.2. The molecule has 32 heavy (non-hydrogen) atoms. The van der Waals surface area contributed by atoms with Crippen molar-refractivity contribution < 1.29 is 14.3 Å². The SMILES string of the molecule is CC1=C(N2CCC3(CCC(NCc4nnc(-n5cnnn5)cc4C)CC3)C2=O)COC1=O. The summed E-state index contributed by atoms with van der Waals surface area (Å²) >= 11 is 0. The number of aromatic nitrogens is 6. The van der Waals surface area contributed by atoms with Crippen LogP contribution in [0.1, 0.15) is 50.3 Å². The van der Waals surface area contributed by atoms with Gasteiger partial charge in [0.2, 0.25) is 5.91 Å². The van der Waals surface area contributed by atoms with Crippen molar-refractivity contribution in [3.8, 4) is 5.82 Å². The number of tetrazole rings is 1. The van der Waals surface area contributed by atoms with Crippen LogP contribution < -0.4 is 5.32 Å². The molecule has 11 heteroatoms. The summed E-state index contributed by atoms with van der Waals surface area (Å²) in [5.41, 5.74) is 2.91. The van der Waals surface area contributed by atoms with E-state index in [0.717, 1.165) is 49.1 Å². The topological polar surface area (TPSA) is 128 Å². The molecule has 1 N–H and O–H groups in total. The number of cyclic esters (lactones) is 1. The molecule has 0 aromatic carbocycles. The average Bonchev–Trinajstić information content (AvgIpc) is 3.52. The van der Waals surface area contributed by atoms with Crippen LogP contribution in [-0.4, -0.2) is 66.4 Å². The van der Waals surface area contributed by atoms with Gasteiger partial charge in [0.15, 0.2) is 5.82 Å². The molecule has 0 radical (unpaired) electrons. The number of rotatable bonds is 5. The van der Waals surface area contributed by atoms with Crippen molar-refractivity contribution in [1.82, 2.24) is 40.6 Å². The number of aryl methyl sites for hydroxylation is 1. The van der Waals surface area contributed by atoms with E-state index in [1.165, 1.54) is 11.0 Å². The van der Waals surface area contributed by atoms with Gasteiger partial charge in [-0.15, -0.1) is 10.2 Å². The zero-order valence-corrected chi connectivity index (χ0v) is 18.2. The molecule has 1 saturated carbocycles. The molecule has 2 fully saturated rings. The lowest BCUT2D eigenvalue weighted by molar-refractivity contribution is -0.138. The Morgan fingerprint density at radius 2 is 2.00 bits per heavy atom. The van der Waals surface area contributed by atoms with E-state index < -0.39 is 0 Å². The van der Waals surface area contributed by atoms with E-state index in [9.17, 15) is 9.59 Å². The van der Waals surface area contributed by atoms with Crippen LogP contribution in [0.5, 0.6) is 0 Å². The average molecular weight is 438 g/mol. The number of likely N-dealkylation sites (tertiary alicyclic amines) is 1. The van der Waals surface area contributed by atoms with Gasteiger partial charge in [0.1, 0.15) is 12.9 Å². The molecule has 2 aliphatic heterocycles. The van der Waals surface area contributed by atoms with E-state index in [4.69, 9.17) is 4.74 Å². The molecule has 1 aliphatic carbocycles. The van der Waals surface area contributed by atoms with Crippen molar-refractivity contribution in [3.05, 3.63) is 34.9 Å². The van der Waals surface area contributed by atoms with Crippen molar-refractivity contribution in [2.75, 3.05) is 13.2 Å². The minimum Gasteiger partial charge on any atom is -0.456 e. The standard InChI is InChI=1S/C21H26N8O3/c1-13-9-18(29-12-23-26-27-29)25-24-16(13)10-22-15-3-5-21(6-4-15)7-8-28(20(21)31)17-11-32-19(30)14(17)2/h9,12,15,22H,3-8,10-11H2,1-2H3. The maximum absolute atomic E-state index is 13.3. The molecular weight excluding hydrogens is 412 g/mol. The van der Waals surface area contributed by atoms with E-state index in [1.807, 2.05) is 13.0 Å². The molecule has 1 amide bonds. The second-order valence-electron chi connectivity index (χ2n) is 8.88. The first-order chi connectivity index (χ1) is 15.5. The largest absolute Gasteiger partial charge is 0.456 e. The van der Waals surface area contributed by atoms with Crippen molar-refractivity contribution in [3.63, 3.8) is 0 Å². The summed E-state index contributed by atoms with van der Waals surface area (Å²) in [5.74, 6) is 0.425. The van der Waals surface area contributed by atoms with Crippen LogP contribution in [0.25, 0.3) is 5.82 Å². The number of nitrogens with one attached hydrogen (secondary N) is 1. The van der Waals surface area contributed by atoms with Crippen LogP contribution in [0.2, 0.25) is 0 Å². The summed E-state index contributed by atoms with van der Waals surface area (Å²) in [6, 6.07) is 2.25. The van der Waals surface area contributed by atoms with Crippen molar-refractivity contribution in [2.24, 2.45) is 5.41 Å². The lowest BCUT2D eigenvalue weighted by Gasteiger charge is -2.36. The normalized spacial score (nSPS) is 25.8. The number of hydrogen-bond acceptors (Lipinski definition) is 9. The fourth-order valence-corrected chi connectivity index (χ4v) is 4.96. The van der Waals surface area contributed by atoms with E-state index in [0.29, 0.717) is 30.5 Å². The molecule has 11 nitrogen and oxygen atoms in total. The van der Waals surface area contributed by atoms with Crippen LogP contribution in [0.4, 0.5) is 0 Å². The maximum Gasteiger partial charge on any atom is 0.336 e. The van der Waals surface area contributed by atoms with E-state index in [-0.39, 0.29) is 23.9 Å². The Morgan fingerprint density at radius 1 is 1.19 bits per heavy atom. The fraction of sp³-hybridized carbons (Fsp3) is 0.571. The summed E-state index contributed by atoms with van der Waals surface area (Å²) in [6.07, 6.45) is 5.89. The molecule has 2 aromatic heterocycles. The third-order valence-corrected chi connectivity index (χ3v) is 7.08. The molecule has 0 bridgehead atoms. The minimum absolute atomic E-state index is 0.156. The number of ether oxygens (including phenoxy) is 1. The number of carbonyl (C=O) groups is 2. The molecule has 1 saturated heterocycles. The van der Waals surface area contributed by atoms with Crippen molar-refractivity contribution >= 4 is 11.9 Å². The Balaban J connectivity index is 1.17. The van der Waals surface area contributed by atoms with E-state index in [2.05, 4.69) is 31.0 Å². The van der Waals surface area contributed by atoms with Gasteiger partial charge in [-0.1, -0.05) is 0 Å². The highest BCUT2D eigenvalue weighted by Crippen LogP contribution is 2.46. The molecule has 1 spiro atoms. The quantitative estimate of drug-likeness (QED) is 0.675. The van der Waals surface area contributed by atoms with Crippen molar-refractivity contribution in [2.45, 2.75) is 58.5 Å². The monoisotopic (exact) mass is 438 g/mol. The van der Waals surface area contributed by atoms with Crippen LogP contribution in [0, 0.1) is 12.3 Å². The number of carbonyl (C=O) groups excluding carboxylic acids is 2. The highest BCUT2D eigenvalue weighted by atomic mass is 16.5. The van der Waals surface area contributed by atoms with Gasteiger partial charge in [0.25, 0.3) is 0 Å². The lowest BCUT2D eigenvalue weighted by atomic mass is 9.71. The number of hydrogen-bond donors (Lipinski definition) is 1. The van der Waals surface area contributed by atoms with Crippen LogP contribution >= 0.6 is 0 Å². The first-order valence-electron chi connectivity index (χ1n) is 11.0. The number of esters is 1. The first kappa shape index (κ1) is 20.7. The summed E-state index contributed by atoms with van der Waals surface area (Å²) in [7, 11) is 0. The molecular formula is C21H26N8O3. The second kappa shape index (κ2) is 8.05. The number of amides is 1. The zero-order chi connectivity index (χ0) is 22.3. The Bertz CT molecular complexity index is 1070. The van der Waals surface area contributed by atoms with Gasteiger partial charge in [-0.25, -0.2) is 4.79 Å². The van der Waals surface area contributed by atoms with Gasteiger partial charge in [0, 0.05) is 19.1 Å². The summed E-state index contributed by atoms with van der Waals surface area (Å²) < 4.78 is 6.58. The van der Waals surface area contributed by atoms with Gasteiger partial charge in [0.05, 0.1) is 22.4 Å². The summed E-state index contributed by atoms with van der Waals surface area (Å²) in [6.45, 7) is 5.24. The predicted molar refractivity (Wildman–Crippen MR) is 111 cm³/mol. The minimum atomic E-state index is -0.314. The van der Waals surface area contributed by atoms with E-state index in [1.54, 1.807) is 11.8 Å². The molecule has 3 aliphatic rings. The Hall–Kier alpha value is -3.21. The smallest absolute Gasteiger partial charge is 0.336 e. The Morgan fingerprint density at radius 3 is 2.66 bits per heavy atom. The van der Waals surface area contributed by atoms with Gasteiger partial charge in [-0.2, -0.15) is 9.78 Å². The molecule has 2 aromatic rings. The van der Waals surface area contributed by atoms with Crippen molar-refractivity contribution in [1.29, 1.82) is 0 Å². The summed E-state index contributed by atoms with van der Waals surface area (Å²) in [5, 5.41) is 23.2. The van der Waals surface area contributed by atoms with Gasteiger partial charge in [-0.3, -0.25) is 4.79 Å². The molecule has 0 atom stereocenters. The fourth-order valence-electron chi connectivity index (χ4n) is 4.96. The van der Waals surface area contributed by atoms with Gasteiger partial charge < -0.3 is 15.0 Å². The second-order valence-corrected chi connectivity index (χ2v) is 8.88. The third kappa shape index (κ3) is 3.56. The van der Waals surface area contributed by atoms with Crippen LogP contribution in [-0.2, 0) is 20.9 Å². The molecule has 5 rings (SSSR count). The Labute approximate surface area is 185 Å². The molecule has 4 heterocycles. The predicted octanol–water partition coefficient (Wildman–Crippen LogP) is 0.842. The van der Waals surface area contributed by atoms with E-state index >= 15 is 0 Å². The highest BCUT2D eigenvalue weighted by Gasteiger charge is 2.50. The van der Waals surface area contributed by atoms with Gasteiger partial charge >= 0.3 is 5.97 Å². The van der Waals surface area contributed by atoms with Crippen LogP contribution in [0.15, 0.2) is 23.7 Å². The first-order valence-corrected chi connectivity index (χ1v) is 11.0. The van der Waals surface area contributed by atoms with Crippen LogP contribution in [0.3, 0.4) is 0 Å².